The molecule has 140 valence electrons. The van der Waals surface area contributed by atoms with Gasteiger partial charge >= 0.3 is 0 Å². The SMILES string of the molecule is CN(CC1CCN(Cc2cccc3ccccc23)CC1)S(=O)(=O)C1CC1. The smallest absolute Gasteiger partial charge is 0.216 e. The first-order valence-corrected chi connectivity index (χ1v) is 11.2. The Balaban J connectivity index is 1.33. The predicted molar refractivity (Wildman–Crippen MR) is 107 cm³/mol. The first-order chi connectivity index (χ1) is 12.5. The Kier molecular flexibility index (Phi) is 5.04. The van der Waals surface area contributed by atoms with Gasteiger partial charge in [0.05, 0.1) is 5.25 Å². The Bertz CT molecular complexity index is 863. The molecule has 1 saturated heterocycles. The molecular weight excluding hydrogens is 344 g/mol. The normalized spacial score (nSPS) is 20.1. The second-order valence-electron chi connectivity index (χ2n) is 7.88. The van der Waals surface area contributed by atoms with Crippen molar-refractivity contribution in [2.45, 2.75) is 37.5 Å². The van der Waals surface area contributed by atoms with Gasteiger partial charge in [0.1, 0.15) is 0 Å². The fourth-order valence-corrected chi connectivity index (χ4v) is 5.75. The number of piperidine rings is 1. The number of rotatable bonds is 6. The minimum Gasteiger partial charge on any atom is -0.299 e. The monoisotopic (exact) mass is 372 g/mol. The summed E-state index contributed by atoms with van der Waals surface area (Å²) in [6.45, 7) is 3.75. The maximum absolute atomic E-state index is 12.3. The molecule has 0 unspecified atom stereocenters. The van der Waals surface area contributed by atoms with Crippen molar-refractivity contribution in [1.82, 2.24) is 9.21 Å². The Hall–Kier alpha value is -1.43. The number of sulfonamides is 1. The van der Waals surface area contributed by atoms with Crippen LogP contribution in [0, 0.1) is 5.92 Å². The van der Waals surface area contributed by atoms with Crippen LogP contribution in [0.2, 0.25) is 0 Å². The lowest BCUT2D eigenvalue weighted by molar-refractivity contribution is 0.166. The highest BCUT2D eigenvalue weighted by molar-refractivity contribution is 7.90. The van der Waals surface area contributed by atoms with E-state index in [0.29, 0.717) is 12.5 Å². The number of likely N-dealkylation sites (tertiary alicyclic amines) is 1. The van der Waals surface area contributed by atoms with E-state index in [1.165, 1.54) is 16.3 Å². The minimum absolute atomic E-state index is 0.0982. The van der Waals surface area contributed by atoms with Crippen molar-refractivity contribution in [1.29, 1.82) is 0 Å². The summed E-state index contributed by atoms with van der Waals surface area (Å²) in [6, 6.07) is 15.1. The zero-order valence-corrected chi connectivity index (χ0v) is 16.3. The number of hydrogen-bond acceptors (Lipinski definition) is 3. The molecule has 0 atom stereocenters. The molecule has 0 bridgehead atoms. The average molecular weight is 373 g/mol. The Morgan fingerprint density at radius 3 is 2.42 bits per heavy atom. The van der Waals surface area contributed by atoms with Crippen LogP contribution >= 0.6 is 0 Å². The quantitative estimate of drug-likeness (QED) is 0.779. The molecule has 4 rings (SSSR count). The fourth-order valence-electron chi connectivity index (χ4n) is 4.09. The third-order valence-corrected chi connectivity index (χ3v) is 8.21. The largest absolute Gasteiger partial charge is 0.299 e. The average Bonchev–Trinajstić information content (AvgIpc) is 3.49. The maximum atomic E-state index is 12.3. The van der Waals surface area contributed by atoms with Gasteiger partial charge in [0.2, 0.25) is 10.0 Å². The number of benzene rings is 2. The van der Waals surface area contributed by atoms with Crippen LogP contribution in [0.3, 0.4) is 0 Å². The molecule has 0 amide bonds. The third kappa shape index (κ3) is 3.80. The second kappa shape index (κ2) is 7.29. The minimum atomic E-state index is -3.03. The van der Waals surface area contributed by atoms with E-state index in [1.807, 2.05) is 0 Å². The molecular formula is C21H28N2O2S. The molecule has 1 saturated carbocycles. The maximum Gasteiger partial charge on any atom is 0.216 e. The molecule has 0 radical (unpaired) electrons. The van der Waals surface area contributed by atoms with Gasteiger partial charge in [-0.05, 0) is 61.0 Å². The summed E-state index contributed by atoms with van der Waals surface area (Å²) in [5.74, 6) is 0.484. The van der Waals surface area contributed by atoms with E-state index in [9.17, 15) is 8.42 Å². The first-order valence-electron chi connectivity index (χ1n) is 9.68. The zero-order valence-electron chi connectivity index (χ0n) is 15.5. The zero-order chi connectivity index (χ0) is 18.1. The van der Waals surface area contributed by atoms with Crippen LogP contribution in [0.15, 0.2) is 42.5 Å². The van der Waals surface area contributed by atoms with Gasteiger partial charge in [-0.15, -0.1) is 0 Å². The summed E-state index contributed by atoms with van der Waals surface area (Å²) in [4.78, 5) is 2.51. The van der Waals surface area contributed by atoms with E-state index in [2.05, 4.69) is 47.4 Å². The van der Waals surface area contributed by atoms with E-state index in [-0.39, 0.29) is 5.25 Å². The van der Waals surface area contributed by atoms with Crippen LogP contribution in [0.5, 0.6) is 0 Å². The van der Waals surface area contributed by atoms with Crippen molar-refractivity contribution in [2.24, 2.45) is 5.92 Å². The lowest BCUT2D eigenvalue weighted by Crippen LogP contribution is -2.40. The molecule has 2 aromatic rings. The molecule has 1 heterocycles. The van der Waals surface area contributed by atoms with Crippen molar-refractivity contribution in [3.05, 3.63) is 48.0 Å². The van der Waals surface area contributed by atoms with Crippen LogP contribution in [0.1, 0.15) is 31.2 Å². The Morgan fingerprint density at radius 2 is 1.69 bits per heavy atom. The van der Waals surface area contributed by atoms with Crippen molar-refractivity contribution < 1.29 is 8.42 Å². The molecule has 26 heavy (non-hydrogen) atoms. The highest BCUT2D eigenvalue weighted by Gasteiger charge is 2.39. The molecule has 0 aromatic heterocycles. The van der Waals surface area contributed by atoms with Gasteiger partial charge in [-0.25, -0.2) is 12.7 Å². The van der Waals surface area contributed by atoms with Gasteiger partial charge in [0.15, 0.2) is 0 Å². The Labute approximate surface area is 156 Å². The molecule has 5 heteroatoms. The van der Waals surface area contributed by atoms with Crippen molar-refractivity contribution in [3.8, 4) is 0 Å². The molecule has 0 spiro atoms. The van der Waals surface area contributed by atoms with E-state index in [0.717, 1.165) is 45.3 Å². The lowest BCUT2D eigenvalue weighted by atomic mass is 9.96. The molecule has 1 aliphatic heterocycles. The predicted octanol–water partition coefficient (Wildman–Crippen LogP) is 3.48. The molecule has 2 fully saturated rings. The van der Waals surface area contributed by atoms with Crippen LogP contribution < -0.4 is 0 Å². The van der Waals surface area contributed by atoms with Gasteiger partial charge < -0.3 is 0 Å². The van der Waals surface area contributed by atoms with Gasteiger partial charge in [-0.3, -0.25) is 4.90 Å². The summed E-state index contributed by atoms with van der Waals surface area (Å²) >= 11 is 0. The molecule has 2 aromatic carbocycles. The van der Waals surface area contributed by atoms with Crippen LogP contribution in [-0.2, 0) is 16.6 Å². The second-order valence-corrected chi connectivity index (χ2v) is 10.2. The number of nitrogens with zero attached hydrogens (tertiary/aromatic N) is 2. The molecule has 2 aliphatic rings. The summed E-state index contributed by atoms with van der Waals surface area (Å²) < 4.78 is 26.2. The number of fused-ring (bicyclic) bond motifs is 1. The third-order valence-electron chi connectivity index (χ3n) is 5.88. The molecule has 1 aliphatic carbocycles. The number of hydrogen-bond donors (Lipinski definition) is 0. The first kappa shape index (κ1) is 18.0. The van der Waals surface area contributed by atoms with Crippen molar-refractivity contribution in [3.63, 3.8) is 0 Å². The standard InChI is InChI=1S/C21H28N2O2S/c1-22(26(24,25)20-9-10-20)15-17-11-13-23(14-12-17)16-19-7-4-6-18-5-2-3-8-21(18)19/h2-8,17,20H,9-16H2,1H3. The van der Waals surface area contributed by atoms with E-state index >= 15 is 0 Å². The van der Waals surface area contributed by atoms with Gasteiger partial charge in [0, 0.05) is 20.1 Å². The fraction of sp³-hybridized carbons (Fsp3) is 0.524. The molecule has 4 nitrogen and oxygen atoms in total. The molecule has 0 N–H and O–H groups in total. The lowest BCUT2D eigenvalue weighted by Gasteiger charge is -2.34. The summed E-state index contributed by atoms with van der Waals surface area (Å²) in [6.07, 6.45) is 3.84. The summed E-state index contributed by atoms with van der Waals surface area (Å²) in [7, 11) is -1.27. The topological polar surface area (TPSA) is 40.6 Å². The van der Waals surface area contributed by atoms with Crippen LogP contribution in [0.25, 0.3) is 10.8 Å². The van der Waals surface area contributed by atoms with Crippen molar-refractivity contribution >= 4 is 20.8 Å². The van der Waals surface area contributed by atoms with E-state index < -0.39 is 10.0 Å². The van der Waals surface area contributed by atoms with Gasteiger partial charge in [-0.1, -0.05) is 42.5 Å². The van der Waals surface area contributed by atoms with E-state index in [1.54, 1.807) is 11.4 Å². The Morgan fingerprint density at radius 1 is 1.00 bits per heavy atom. The van der Waals surface area contributed by atoms with E-state index in [4.69, 9.17) is 0 Å². The summed E-state index contributed by atoms with van der Waals surface area (Å²) in [5.41, 5.74) is 1.38. The van der Waals surface area contributed by atoms with Gasteiger partial charge in [0.25, 0.3) is 0 Å². The van der Waals surface area contributed by atoms with Crippen LogP contribution in [0.4, 0.5) is 0 Å². The highest BCUT2D eigenvalue weighted by Crippen LogP contribution is 2.31. The summed E-state index contributed by atoms with van der Waals surface area (Å²) in [5, 5.41) is 2.54. The van der Waals surface area contributed by atoms with Crippen LogP contribution in [-0.4, -0.2) is 49.6 Å². The van der Waals surface area contributed by atoms with Crippen molar-refractivity contribution in [2.75, 3.05) is 26.7 Å². The highest BCUT2D eigenvalue weighted by atomic mass is 32.2. The van der Waals surface area contributed by atoms with Gasteiger partial charge in [-0.2, -0.15) is 0 Å².